The molecule has 2 nitrogen and oxygen atoms in total. The lowest BCUT2D eigenvalue weighted by Gasteiger charge is -2.00. The van der Waals surface area contributed by atoms with Gasteiger partial charge in [-0.3, -0.25) is 4.79 Å². The van der Waals surface area contributed by atoms with E-state index in [0.717, 1.165) is 6.08 Å². The first-order valence-electron chi connectivity index (χ1n) is 2.48. The number of aliphatic hydroxyl groups excluding tert-OH is 1. The number of hydrogen-bond donors (Lipinski definition) is 1. The summed E-state index contributed by atoms with van der Waals surface area (Å²) in [7, 11) is 0. The number of ketones is 1. The Bertz CT molecular complexity index is 151. The van der Waals surface area contributed by atoms with Crippen LogP contribution in [0.3, 0.4) is 0 Å². The van der Waals surface area contributed by atoms with E-state index in [1.165, 1.54) is 6.92 Å². The van der Waals surface area contributed by atoms with Gasteiger partial charge in [0.15, 0.2) is 10.8 Å². The normalized spacial score (nSPS) is 12.1. The van der Waals surface area contributed by atoms with Gasteiger partial charge in [-0.25, -0.2) is 0 Å². The van der Waals surface area contributed by atoms with Gasteiger partial charge in [0.05, 0.1) is 5.92 Å². The maximum absolute atomic E-state index is 10.6. The third-order valence-corrected chi connectivity index (χ3v) is 1.35. The van der Waals surface area contributed by atoms with Gasteiger partial charge < -0.3 is 5.11 Å². The van der Waals surface area contributed by atoms with Gasteiger partial charge in [0.25, 0.3) is 0 Å². The molecule has 0 aromatic rings. The highest BCUT2D eigenvalue weighted by atomic mass is 32.1. The molecule has 0 amide bonds. The van der Waals surface area contributed by atoms with E-state index in [2.05, 4.69) is 18.8 Å². The summed E-state index contributed by atoms with van der Waals surface area (Å²) in [6.07, 6.45) is 1.15. The fraction of sp³-hybridized carbons (Fsp3) is 0.333. The number of thiocarbonyl (C=S) groups is 1. The number of allylic oxidation sites excluding steroid dienone is 1. The predicted octanol–water partition coefficient (Wildman–Crippen LogP) is 1.26. The van der Waals surface area contributed by atoms with Crippen molar-refractivity contribution in [1.82, 2.24) is 0 Å². The van der Waals surface area contributed by atoms with E-state index in [9.17, 15) is 4.79 Å². The standard InChI is InChI=1S/C6H8O2S/c1-3-5(7)4(2)6(8)9/h3-4H,1H2,2H3,(H,8,9). The molecule has 0 heterocycles. The molecule has 0 aliphatic rings. The molecule has 3 heteroatoms. The molecule has 0 aromatic carbocycles. The molecule has 0 aliphatic heterocycles. The van der Waals surface area contributed by atoms with Crippen LogP contribution in [0.5, 0.6) is 0 Å². The van der Waals surface area contributed by atoms with E-state index in [0.29, 0.717) is 0 Å². The van der Waals surface area contributed by atoms with Crippen LogP contribution in [0.4, 0.5) is 0 Å². The summed E-state index contributed by atoms with van der Waals surface area (Å²) >= 11 is 4.35. The molecule has 9 heavy (non-hydrogen) atoms. The van der Waals surface area contributed by atoms with Gasteiger partial charge in [-0.1, -0.05) is 6.58 Å². The van der Waals surface area contributed by atoms with E-state index in [4.69, 9.17) is 5.11 Å². The van der Waals surface area contributed by atoms with Crippen molar-refractivity contribution in [3.63, 3.8) is 0 Å². The molecule has 50 valence electrons. The van der Waals surface area contributed by atoms with Crippen LogP contribution in [0.1, 0.15) is 6.92 Å². The Morgan fingerprint density at radius 1 is 1.89 bits per heavy atom. The summed E-state index contributed by atoms with van der Waals surface area (Å²) in [5, 5.41) is 8.31. The third kappa shape index (κ3) is 2.37. The SMILES string of the molecule is C=CC(=O)C(C)C(O)=S. The molecule has 0 spiro atoms. The third-order valence-electron chi connectivity index (χ3n) is 0.998. The Kier molecular flexibility index (Phi) is 3.09. The first-order valence-corrected chi connectivity index (χ1v) is 2.89. The first-order chi connectivity index (χ1) is 4.09. The Labute approximate surface area is 59.2 Å². The summed E-state index contributed by atoms with van der Waals surface area (Å²) in [6.45, 7) is 4.78. The Hall–Kier alpha value is -0.700. The van der Waals surface area contributed by atoms with Gasteiger partial charge in [0, 0.05) is 0 Å². The van der Waals surface area contributed by atoms with Gasteiger partial charge >= 0.3 is 0 Å². The topological polar surface area (TPSA) is 37.3 Å². The highest BCUT2D eigenvalue weighted by Crippen LogP contribution is 1.98. The molecule has 0 saturated heterocycles. The average Bonchev–Trinajstić information content (AvgIpc) is 1.84. The van der Waals surface area contributed by atoms with Crippen molar-refractivity contribution in [1.29, 1.82) is 0 Å². The molecule has 0 bridgehead atoms. The van der Waals surface area contributed by atoms with Crippen LogP contribution in [-0.4, -0.2) is 15.9 Å². The monoisotopic (exact) mass is 144 g/mol. The van der Waals surface area contributed by atoms with Crippen LogP contribution in [-0.2, 0) is 4.79 Å². The van der Waals surface area contributed by atoms with E-state index in [1.54, 1.807) is 0 Å². The van der Waals surface area contributed by atoms with Crippen LogP contribution in [0.15, 0.2) is 12.7 Å². The van der Waals surface area contributed by atoms with Crippen molar-refractivity contribution in [2.75, 3.05) is 0 Å². The summed E-state index contributed by atoms with van der Waals surface area (Å²) in [4.78, 5) is 10.6. The van der Waals surface area contributed by atoms with Gasteiger partial charge in [0.2, 0.25) is 0 Å². The summed E-state index contributed by atoms with van der Waals surface area (Å²) in [5.74, 6) is -0.833. The van der Waals surface area contributed by atoms with Crippen LogP contribution >= 0.6 is 12.2 Å². The molecule has 0 fully saturated rings. The Morgan fingerprint density at radius 2 is 2.33 bits per heavy atom. The van der Waals surface area contributed by atoms with Crippen molar-refractivity contribution in [3.8, 4) is 0 Å². The highest BCUT2D eigenvalue weighted by molar-refractivity contribution is 7.80. The largest absolute Gasteiger partial charge is 0.501 e. The van der Waals surface area contributed by atoms with E-state index >= 15 is 0 Å². The van der Waals surface area contributed by atoms with Gasteiger partial charge in [0.1, 0.15) is 0 Å². The maximum atomic E-state index is 10.6. The van der Waals surface area contributed by atoms with Gasteiger partial charge in [-0.15, -0.1) is 0 Å². The molecule has 0 aromatic heterocycles. The molecule has 0 aliphatic carbocycles. The number of aliphatic hydroxyl groups is 1. The second kappa shape index (κ2) is 3.35. The number of hydrogen-bond acceptors (Lipinski definition) is 2. The van der Waals surface area contributed by atoms with E-state index < -0.39 is 5.92 Å². The lowest BCUT2D eigenvalue weighted by atomic mass is 10.1. The Morgan fingerprint density at radius 3 is 2.44 bits per heavy atom. The number of rotatable bonds is 3. The van der Waals surface area contributed by atoms with Crippen molar-refractivity contribution < 1.29 is 9.90 Å². The molecule has 0 rings (SSSR count). The summed E-state index contributed by atoms with van der Waals surface area (Å²) < 4.78 is 0. The molecule has 0 radical (unpaired) electrons. The first kappa shape index (κ1) is 8.30. The van der Waals surface area contributed by atoms with Crippen molar-refractivity contribution in [3.05, 3.63) is 12.7 Å². The van der Waals surface area contributed by atoms with Gasteiger partial charge in [-0.05, 0) is 25.2 Å². The van der Waals surface area contributed by atoms with E-state index in [1.807, 2.05) is 0 Å². The quantitative estimate of drug-likeness (QED) is 0.478. The smallest absolute Gasteiger partial charge is 0.167 e. The molecule has 0 saturated carbocycles. The Balaban J connectivity index is 4.03. The second-order valence-electron chi connectivity index (χ2n) is 1.67. The number of carbonyl (C=O) groups excluding carboxylic acids is 1. The minimum absolute atomic E-state index is 0.248. The summed E-state index contributed by atoms with van der Waals surface area (Å²) in [5.41, 5.74) is 0. The molecule has 1 unspecified atom stereocenters. The lowest BCUT2D eigenvalue weighted by molar-refractivity contribution is -0.116. The van der Waals surface area contributed by atoms with Crippen LogP contribution in [0.2, 0.25) is 0 Å². The zero-order valence-electron chi connectivity index (χ0n) is 5.13. The predicted molar refractivity (Wildman–Crippen MR) is 39.6 cm³/mol. The summed E-state index contributed by atoms with van der Waals surface area (Å²) in [6, 6.07) is 0. The number of carbonyl (C=O) groups is 1. The lowest BCUT2D eigenvalue weighted by Crippen LogP contribution is -2.16. The maximum Gasteiger partial charge on any atom is 0.167 e. The molecule has 1 N–H and O–H groups in total. The van der Waals surface area contributed by atoms with Crippen molar-refractivity contribution in [2.45, 2.75) is 6.92 Å². The second-order valence-corrected chi connectivity index (χ2v) is 2.08. The minimum Gasteiger partial charge on any atom is -0.501 e. The zero-order chi connectivity index (χ0) is 7.44. The fourth-order valence-electron chi connectivity index (χ4n) is 0.298. The minimum atomic E-state index is -0.586. The van der Waals surface area contributed by atoms with Crippen molar-refractivity contribution in [2.24, 2.45) is 5.92 Å². The van der Waals surface area contributed by atoms with Gasteiger partial charge in [-0.2, -0.15) is 0 Å². The fourth-order valence-corrected chi connectivity index (χ4v) is 0.415. The zero-order valence-corrected chi connectivity index (χ0v) is 5.94. The average molecular weight is 144 g/mol. The van der Waals surface area contributed by atoms with E-state index in [-0.39, 0.29) is 10.8 Å². The molecular formula is C6H8O2S. The highest BCUT2D eigenvalue weighted by Gasteiger charge is 2.12. The van der Waals surface area contributed by atoms with Crippen molar-refractivity contribution >= 4 is 23.1 Å². The van der Waals surface area contributed by atoms with Crippen LogP contribution in [0, 0.1) is 5.92 Å². The molecular weight excluding hydrogens is 136 g/mol. The van der Waals surface area contributed by atoms with Crippen LogP contribution < -0.4 is 0 Å². The van der Waals surface area contributed by atoms with Crippen LogP contribution in [0.25, 0.3) is 0 Å². The molecule has 1 atom stereocenters.